The molecule has 1 heterocycles. The normalized spacial score (nSPS) is 31.4. The first kappa shape index (κ1) is 21.6. The zero-order chi connectivity index (χ0) is 22.3. The maximum Gasteiger partial charge on any atom is 0.253 e. The van der Waals surface area contributed by atoms with Crippen molar-refractivity contribution in [3.8, 4) is 11.5 Å². The molecule has 4 bridgehead atoms. The van der Waals surface area contributed by atoms with Gasteiger partial charge in [0.25, 0.3) is 5.91 Å². The van der Waals surface area contributed by atoms with Gasteiger partial charge in [-0.15, -0.1) is 0 Å². The molecule has 0 unspecified atom stereocenters. The van der Waals surface area contributed by atoms with E-state index in [1.54, 1.807) is 32.4 Å². The highest BCUT2D eigenvalue weighted by molar-refractivity contribution is 5.95. The van der Waals surface area contributed by atoms with Crippen molar-refractivity contribution in [2.75, 3.05) is 33.9 Å². The van der Waals surface area contributed by atoms with Crippen molar-refractivity contribution in [2.24, 2.45) is 29.1 Å². The summed E-state index contributed by atoms with van der Waals surface area (Å²) in [4.78, 5) is 28.1. The first-order valence-corrected chi connectivity index (χ1v) is 12.3. The monoisotopic (exact) mass is 440 g/mol. The number of rotatable bonds is 6. The van der Waals surface area contributed by atoms with E-state index in [0.29, 0.717) is 28.9 Å². The highest BCUT2D eigenvalue weighted by Crippen LogP contribution is 2.60. The smallest absolute Gasteiger partial charge is 0.253 e. The minimum atomic E-state index is -0.0706. The van der Waals surface area contributed by atoms with Gasteiger partial charge in [-0.1, -0.05) is 0 Å². The van der Waals surface area contributed by atoms with Crippen LogP contribution in [0.4, 0.5) is 0 Å². The SMILES string of the molecule is COc1ccc(C(=O)N2CCC(CNC(=O)C34CC5CC(CC(C5)C3)C4)CC2)cc1OC. The number of hydrogen-bond donors (Lipinski definition) is 1. The van der Waals surface area contributed by atoms with E-state index < -0.39 is 0 Å². The minimum Gasteiger partial charge on any atom is -0.493 e. The molecule has 6 rings (SSSR count). The van der Waals surface area contributed by atoms with Gasteiger partial charge >= 0.3 is 0 Å². The predicted octanol–water partition coefficient (Wildman–Crippen LogP) is 3.89. The van der Waals surface area contributed by atoms with Crippen molar-refractivity contribution in [1.29, 1.82) is 0 Å². The number of amides is 2. The molecule has 0 spiro atoms. The zero-order valence-corrected chi connectivity index (χ0v) is 19.4. The first-order chi connectivity index (χ1) is 15.5. The predicted molar refractivity (Wildman–Crippen MR) is 122 cm³/mol. The van der Waals surface area contributed by atoms with Gasteiger partial charge in [0.1, 0.15) is 0 Å². The number of methoxy groups -OCH3 is 2. The van der Waals surface area contributed by atoms with Gasteiger partial charge in [-0.3, -0.25) is 9.59 Å². The molecule has 1 aromatic rings. The molecule has 0 aromatic heterocycles. The average molecular weight is 441 g/mol. The summed E-state index contributed by atoms with van der Waals surface area (Å²) < 4.78 is 10.6. The molecule has 2 amide bonds. The molecule has 1 aliphatic heterocycles. The van der Waals surface area contributed by atoms with Gasteiger partial charge in [0.05, 0.1) is 14.2 Å². The molecule has 32 heavy (non-hydrogen) atoms. The summed E-state index contributed by atoms with van der Waals surface area (Å²) >= 11 is 0. The van der Waals surface area contributed by atoms with E-state index >= 15 is 0 Å². The largest absolute Gasteiger partial charge is 0.493 e. The summed E-state index contributed by atoms with van der Waals surface area (Å²) in [5, 5.41) is 3.34. The summed E-state index contributed by atoms with van der Waals surface area (Å²) in [6.07, 6.45) is 9.28. The molecule has 0 atom stereocenters. The van der Waals surface area contributed by atoms with Crippen LogP contribution in [0.2, 0.25) is 0 Å². The van der Waals surface area contributed by atoms with Gasteiger partial charge in [-0.25, -0.2) is 0 Å². The number of ether oxygens (including phenoxy) is 2. The Balaban J connectivity index is 1.12. The summed E-state index contributed by atoms with van der Waals surface area (Å²) in [5.74, 6) is 4.36. The fourth-order valence-electron chi connectivity index (χ4n) is 7.31. The molecular weight excluding hydrogens is 404 g/mol. The highest BCUT2D eigenvalue weighted by atomic mass is 16.5. The van der Waals surface area contributed by atoms with Crippen molar-refractivity contribution < 1.29 is 19.1 Å². The van der Waals surface area contributed by atoms with Crippen LogP contribution in [-0.2, 0) is 4.79 Å². The third-order valence-corrected chi connectivity index (χ3v) is 8.60. The molecule has 6 nitrogen and oxygen atoms in total. The van der Waals surface area contributed by atoms with Crippen LogP contribution in [0, 0.1) is 29.1 Å². The summed E-state index contributed by atoms with van der Waals surface area (Å²) in [5.41, 5.74) is 0.551. The topological polar surface area (TPSA) is 67.9 Å². The van der Waals surface area contributed by atoms with E-state index in [4.69, 9.17) is 9.47 Å². The molecular formula is C26H36N2O4. The first-order valence-electron chi connectivity index (χ1n) is 12.3. The van der Waals surface area contributed by atoms with Crippen LogP contribution in [-0.4, -0.2) is 50.6 Å². The molecule has 4 aliphatic carbocycles. The van der Waals surface area contributed by atoms with Crippen LogP contribution in [0.15, 0.2) is 18.2 Å². The van der Waals surface area contributed by atoms with Crippen LogP contribution >= 0.6 is 0 Å². The molecule has 174 valence electrons. The average Bonchev–Trinajstić information content (AvgIpc) is 2.81. The standard InChI is InChI=1S/C26H36N2O4/c1-31-22-4-3-21(12-23(22)32-2)24(29)28-7-5-17(6-8-28)16-27-25(30)26-13-18-9-19(14-26)11-20(10-18)15-26/h3-4,12,17-20H,5-11,13-16H2,1-2H3,(H,27,30). The second-order valence-electron chi connectivity index (χ2n) is 10.7. The van der Waals surface area contributed by atoms with Crippen molar-refractivity contribution in [2.45, 2.75) is 51.4 Å². The number of hydrogen-bond acceptors (Lipinski definition) is 4. The quantitative estimate of drug-likeness (QED) is 0.729. The molecule has 4 saturated carbocycles. The number of carbonyl (C=O) groups is 2. The van der Waals surface area contributed by atoms with Crippen molar-refractivity contribution in [3.05, 3.63) is 23.8 Å². The Morgan fingerprint density at radius 1 is 0.969 bits per heavy atom. The van der Waals surface area contributed by atoms with E-state index in [0.717, 1.165) is 69.5 Å². The fourth-order valence-corrected chi connectivity index (χ4v) is 7.31. The molecule has 1 aromatic carbocycles. The van der Waals surface area contributed by atoms with Crippen molar-refractivity contribution in [3.63, 3.8) is 0 Å². The zero-order valence-electron chi connectivity index (χ0n) is 19.4. The van der Waals surface area contributed by atoms with Crippen molar-refractivity contribution >= 4 is 11.8 Å². The Labute approximate surface area is 191 Å². The van der Waals surface area contributed by atoms with Crippen molar-refractivity contribution in [1.82, 2.24) is 10.2 Å². The second-order valence-corrected chi connectivity index (χ2v) is 10.7. The van der Waals surface area contributed by atoms with Crippen LogP contribution in [0.5, 0.6) is 11.5 Å². The minimum absolute atomic E-state index is 0.0296. The lowest BCUT2D eigenvalue weighted by Crippen LogP contribution is -2.54. The Morgan fingerprint density at radius 3 is 2.12 bits per heavy atom. The van der Waals surface area contributed by atoms with E-state index in [9.17, 15) is 9.59 Å². The van der Waals surface area contributed by atoms with Gasteiger partial charge in [-0.05, 0) is 93.2 Å². The number of likely N-dealkylation sites (tertiary alicyclic amines) is 1. The molecule has 0 radical (unpaired) electrons. The third-order valence-electron chi connectivity index (χ3n) is 8.60. The van der Waals surface area contributed by atoms with Crippen LogP contribution in [0.25, 0.3) is 0 Å². The lowest BCUT2D eigenvalue weighted by Gasteiger charge is -2.55. The van der Waals surface area contributed by atoms with Gasteiger partial charge in [0.15, 0.2) is 11.5 Å². The van der Waals surface area contributed by atoms with E-state index in [-0.39, 0.29) is 11.3 Å². The summed E-state index contributed by atoms with van der Waals surface area (Å²) in [6.45, 7) is 2.20. The van der Waals surface area contributed by atoms with E-state index in [1.807, 2.05) is 4.90 Å². The number of nitrogens with one attached hydrogen (secondary N) is 1. The van der Waals surface area contributed by atoms with Gasteiger partial charge in [-0.2, -0.15) is 0 Å². The fraction of sp³-hybridized carbons (Fsp3) is 0.692. The Kier molecular flexibility index (Phi) is 5.81. The number of piperidine rings is 1. The second kappa shape index (κ2) is 8.60. The van der Waals surface area contributed by atoms with Gasteiger partial charge in [0, 0.05) is 30.6 Å². The number of carbonyl (C=O) groups excluding carboxylic acids is 2. The maximum absolute atomic E-state index is 13.2. The Morgan fingerprint density at radius 2 is 1.56 bits per heavy atom. The Hall–Kier alpha value is -2.24. The summed E-state index contributed by atoms with van der Waals surface area (Å²) in [6, 6.07) is 5.32. The van der Waals surface area contributed by atoms with Crippen LogP contribution < -0.4 is 14.8 Å². The van der Waals surface area contributed by atoms with Crippen LogP contribution in [0.1, 0.15) is 61.7 Å². The lowest BCUT2D eigenvalue weighted by molar-refractivity contribution is -0.146. The molecule has 1 saturated heterocycles. The van der Waals surface area contributed by atoms with E-state index in [1.165, 1.54) is 19.3 Å². The third kappa shape index (κ3) is 3.97. The molecule has 5 fully saturated rings. The molecule has 6 heteroatoms. The van der Waals surface area contributed by atoms with Gasteiger partial charge in [0.2, 0.25) is 5.91 Å². The maximum atomic E-state index is 13.2. The molecule has 1 N–H and O–H groups in total. The molecule has 5 aliphatic rings. The highest BCUT2D eigenvalue weighted by Gasteiger charge is 2.54. The summed E-state index contributed by atoms with van der Waals surface area (Å²) in [7, 11) is 3.17. The number of nitrogens with zero attached hydrogens (tertiary/aromatic N) is 1. The van der Waals surface area contributed by atoms with Crippen LogP contribution in [0.3, 0.4) is 0 Å². The lowest BCUT2D eigenvalue weighted by atomic mass is 9.49. The number of benzene rings is 1. The Bertz CT molecular complexity index is 839. The van der Waals surface area contributed by atoms with E-state index in [2.05, 4.69) is 5.32 Å². The van der Waals surface area contributed by atoms with Gasteiger partial charge < -0.3 is 19.7 Å².